The van der Waals surface area contributed by atoms with Crippen molar-refractivity contribution in [1.82, 2.24) is 20.8 Å². The van der Waals surface area contributed by atoms with Crippen LogP contribution in [-0.2, 0) is 4.79 Å². The largest absolute Gasteiger partial charge is 0.416 e. The summed E-state index contributed by atoms with van der Waals surface area (Å²) in [5.74, 6) is 0.308. The summed E-state index contributed by atoms with van der Waals surface area (Å²) in [6.45, 7) is 4.49. The zero-order valence-corrected chi connectivity index (χ0v) is 15.9. The maximum atomic E-state index is 12.2. The van der Waals surface area contributed by atoms with Crippen molar-refractivity contribution in [3.05, 3.63) is 59.7 Å². The van der Waals surface area contributed by atoms with Gasteiger partial charge in [0.15, 0.2) is 0 Å². The van der Waals surface area contributed by atoms with E-state index >= 15 is 0 Å². The molecule has 28 heavy (non-hydrogen) atoms. The van der Waals surface area contributed by atoms with Gasteiger partial charge in [0.1, 0.15) is 0 Å². The average Bonchev–Trinajstić information content (AvgIpc) is 3.21. The van der Waals surface area contributed by atoms with Gasteiger partial charge < -0.3 is 15.1 Å². The highest BCUT2D eigenvalue weighted by molar-refractivity contribution is 5.96. The molecule has 7 heteroatoms. The van der Waals surface area contributed by atoms with E-state index in [9.17, 15) is 9.59 Å². The fourth-order valence-corrected chi connectivity index (χ4v) is 2.62. The van der Waals surface area contributed by atoms with Crippen molar-refractivity contribution < 1.29 is 14.0 Å². The Morgan fingerprint density at radius 1 is 0.964 bits per heavy atom. The first-order valence-corrected chi connectivity index (χ1v) is 9.13. The van der Waals surface area contributed by atoms with E-state index in [0.717, 1.165) is 17.5 Å². The Labute approximate surface area is 163 Å². The van der Waals surface area contributed by atoms with Crippen LogP contribution in [0.25, 0.3) is 22.9 Å². The van der Waals surface area contributed by atoms with Crippen LogP contribution in [0.5, 0.6) is 0 Å². The topological polar surface area (TPSA) is 97.1 Å². The van der Waals surface area contributed by atoms with Crippen LogP contribution in [0.1, 0.15) is 29.3 Å². The SMILES string of the molecule is CCCNC(=O)CNC(=O)c1ccc(-c2nnc(-c3ccccc3C)o2)cc1. The van der Waals surface area contributed by atoms with Crippen molar-refractivity contribution in [3.63, 3.8) is 0 Å². The predicted octanol–water partition coefficient (Wildman–Crippen LogP) is 2.97. The first-order chi connectivity index (χ1) is 13.6. The molecule has 1 heterocycles. The van der Waals surface area contributed by atoms with Crippen LogP contribution in [0.2, 0.25) is 0 Å². The van der Waals surface area contributed by atoms with Crippen molar-refractivity contribution >= 4 is 11.8 Å². The number of nitrogens with zero attached hydrogens (tertiary/aromatic N) is 2. The third-order valence-corrected chi connectivity index (χ3v) is 4.18. The monoisotopic (exact) mass is 378 g/mol. The third kappa shape index (κ3) is 4.62. The number of nitrogens with one attached hydrogen (secondary N) is 2. The van der Waals surface area contributed by atoms with Crippen LogP contribution in [0.15, 0.2) is 52.9 Å². The zero-order valence-electron chi connectivity index (χ0n) is 15.9. The second kappa shape index (κ2) is 8.94. The van der Waals surface area contributed by atoms with Crippen LogP contribution in [0.3, 0.4) is 0 Å². The maximum absolute atomic E-state index is 12.2. The Hall–Kier alpha value is -3.48. The molecule has 1 aromatic heterocycles. The van der Waals surface area contributed by atoms with Gasteiger partial charge in [0.2, 0.25) is 17.7 Å². The molecule has 0 spiro atoms. The highest BCUT2D eigenvalue weighted by Crippen LogP contribution is 2.26. The molecule has 0 radical (unpaired) electrons. The first kappa shape index (κ1) is 19.3. The lowest BCUT2D eigenvalue weighted by molar-refractivity contribution is -0.120. The van der Waals surface area contributed by atoms with Gasteiger partial charge >= 0.3 is 0 Å². The zero-order chi connectivity index (χ0) is 19.9. The number of hydrogen-bond acceptors (Lipinski definition) is 5. The molecule has 2 N–H and O–H groups in total. The standard InChI is InChI=1S/C21H22N4O3/c1-3-12-22-18(26)13-23-19(27)15-8-10-16(11-9-15)20-24-25-21(28-20)17-7-5-4-6-14(17)2/h4-11H,3,12-13H2,1-2H3,(H,22,26)(H,23,27). The number of hydrogen-bond donors (Lipinski definition) is 2. The van der Waals surface area contributed by atoms with E-state index in [-0.39, 0.29) is 18.4 Å². The van der Waals surface area contributed by atoms with Crippen LogP contribution >= 0.6 is 0 Å². The predicted molar refractivity (Wildman–Crippen MR) is 106 cm³/mol. The molecular formula is C21H22N4O3. The molecule has 0 atom stereocenters. The molecule has 0 aliphatic carbocycles. The molecule has 0 bridgehead atoms. The molecule has 144 valence electrons. The van der Waals surface area contributed by atoms with Crippen LogP contribution in [-0.4, -0.2) is 35.1 Å². The molecule has 2 aromatic carbocycles. The smallest absolute Gasteiger partial charge is 0.251 e. The summed E-state index contributed by atoms with van der Waals surface area (Å²) in [5.41, 5.74) is 3.10. The van der Waals surface area contributed by atoms with Gasteiger partial charge in [-0.25, -0.2) is 0 Å². The van der Waals surface area contributed by atoms with Gasteiger partial charge in [-0.05, 0) is 49.2 Å². The average molecular weight is 378 g/mol. The third-order valence-electron chi connectivity index (χ3n) is 4.18. The highest BCUT2D eigenvalue weighted by Gasteiger charge is 2.13. The molecule has 0 fully saturated rings. The Morgan fingerprint density at radius 2 is 1.68 bits per heavy atom. The van der Waals surface area contributed by atoms with Gasteiger partial charge in [-0.15, -0.1) is 10.2 Å². The molecule has 3 rings (SSSR count). The van der Waals surface area contributed by atoms with Gasteiger partial charge in [-0.3, -0.25) is 9.59 Å². The summed E-state index contributed by atoms with van der Waals surface area (Å²) in [6.07, 6.45) is 0.850. The van der Waals surface area contributed by atoms with Crippen molar-refractivity contribution in [1.29, 1.82) is 0 Å². The number of carbonyl (C=O) groups is 2. The van der Waals surface area contributed by atoms with Gasteiger partial charge in [-0.1, -0.05) is 25.1 Å². The molecule has 3 aromatic rings. The van der Waals surface area contributed by atoms with Crippen molar-refractivity contribution in [3.8, 4) is 22.9 Å². The Bertz CT molecular complexity index is 964. The highest BCUT2D eigenvalue weighted by atomic mass is 16.4. The lowest BCUT2D eigenvalue weighted by Gasteiger charge is -2.06. The lowest BCUT2D eigenvalue weighted by atomic mass is 10.1. The van der Waals surface area contributed by atoms with E-state index < -0.39 is 0 Å². The molecular weight excluding hydrogens is 356 g/mol. The lowest BCUT2D eigenvalue weighted by Crippen LogP contribution is -2.37. The molecule has 7 nitrogen and oxygen atoms in total. The summed E-state index contributed by atoms with van der Waals surface area (Å²) in [6, 6.07) is 14.6. The summed E-state index contributed by atoms with van der Waals surface area (Å²) in [4.78, 5) is 23.7. The normalized spacial score (nSPS) is 10.5. The van der Waals surface area contributed by atoms with Gasteiger partial charge in [-0.2, -0.15) is 0 Å². The van der Waals surface area contributed by atoms with E-state index in [4.69, 9.17) is 4.42 Å². The van der Waals surface area contributed by atoms with Crippen LogP contribution in [0, 0.1) is 6.92 Å². The fourth-order valence-electron chi connectivity index (χ4n) is 2.62. The summed E-state index contributed by atoms with van der Waals surface area (Å²) < 4.78 is 5.78. The van der Waals surface area contributed by atoms with E-state index in [1.807, 2.05) is 38.1 Å². The van der Waals surface area contributed by atoms with Crippen LogP contribution in [0.4, 0.5) is 0 Å². The molecule has 0 unspecified atom stereocenters. The minimum atomic E-state index is -0.315. The quantitative estimate of drug-likeness (QED) is 0.659. The van der Waals surface area contributed by atoms with Gasteiger partial charge in [0.05, 0.1) is 6.54 Å². The molecule has 0 aliphatic rings. The molecule has 0 saturated heterocycles. The van der Waals surface area contributed by atoms with E-state index in [1.165, 1.54) is 0 Å². The second-order valence-corrected chi connectivity index (χ2v) is 6.34. The number of amides is 2. The summed E-state index contributed by atoms with van der Waals surface area (Å²) in [7, 11) is 0. The Balaban J connectivity index is 1.65. The Morgan fingerprint density at radius 3 is 2.39 bits per heavy atom. The van der Waals surface area contributed by atoms with Gasteiger partial charge in [0.25, 0.3) is 5.91 Å². The number of carbonyl (C=O) groups excluding carboxylic acids is 2. The van der Waals surface area contributed by atoms with E-state index in [1.54, 1.807) is 24.3 Å². The summed E-state index contributed by atoms with van der Waals surface area (Å²) in [5, 5.41) is 13.5. The number of aromatic nitrogens is 2. The van der Waals surface area contributed by atoms with E-state index in [2.05, 4.69) is 20.8 Å². The first-order valence-electron chi connectivity index (χ1n) is 9.13. The van der Waals surface area contributed by atoms with Crippen molar-refractivity contribution in [2.75, 3.05) is 13.1 Å². The number of aryl methyl sites for hydroxylation is 1. The molecule has 2 amide bonds. The number of rotatable bonds is 7. The van der Waals surface area contributed by atoms with Crippen molar-refractivity contribution in [2.24, 2.45) is 0 Å². The maximum Gasteiger partial charge on any atom is 0.251 e. The minimum absolute atomic E-state index is 0.0516. The minimum Gasteiger partial charge on any atom is -0.416 e. The Kier molecular flexibility index (Phi) is 6.16. The van der Waals surface area contributed by atoms with E-state index in [0.29, 0.717) is 29.5 Å². The van der Waals surface area contributed by atoms with Gasteiger partial charge in [0, 0.05) is 23.2 Å². The fraction of sp³-hybridized carbons (Fsp3) is 0.238. The number of benzene rings is 2. The summed E-state index contributed by atoms with van der Waals surface area (Å²) >= 11 is 0. The van der Waals surface area contributed by atoms with Crippen molar-refractivity contribution in [2.45, 2.75) is 20.3 Å². The second-order valence-electron chi connectivity index (χ2n) is 6.34. The van der Waals surface area contributed by atoms with Crippen LogP contribution < -0.4 is 10.6 Å². The molecule has 0 aliphatic heterocycles. The molecule has 0 saturated carbocycles.